The lowest BCUT2D eigenvalue weighted by Crippen LogP contribution is -2.00. The summed E-state index contributed by atoms with van der Waals surface area (Å²) in [6, 6.07) is 60.8. The van der Waals surface area contributed by atoms with E-state index in [4.69, 9.17) is 23.8 Å². The lowest BCUT2D eigenvalue weighted by molar-refractivity contribution is 0.669. The number of aromatic nitrogens is 3. The van der Waals surface area contributed by atoms with E-state index >= 15 is 0 Å². The lowest BCUT2D eigenvalue weighted by Gasteiger charge is -2.09. The van der Waals surface area contributed by atoms with Crippen LogP contribution in [0.1, 0.15) is 0 Å². The first kappa shape index (κ1) is 31.9. The van der Waals surface area contributed by atoms with E-state index in [9.17, 15) is 0 Å². The number of rotatable bonds is 5. The van der Waals surface area contributed by atoms with Crippen molar-refractivity contribution in [1.29, 1.82) is 0 Å². The molecule has 12 rings (SSSR count). The standard InChI is InChI=1S/C51H29N3O2S/c1-3-13-30(14-4-1)49-52-50(31-15-5-2-6-16-31)54-51(53-49)41-24-11-23-40-45-36(19-12-26-43(45)56-46(40)41)37-20-10-22-39-38-21-9-18-33(47(38)57-48(37)39)32-27-28-35-34-17-7-8-25-42(34)55-44(35)29-32/h1-29H. The zero-order chi connectivity index (χ0) is 37.5. The van der Waals surface area contributed by atoms with E-state index in [1.807, 2.05) is 90.2 Å². The van der Waals surface area contributed by atoms with Crippen molar-refractivity contribution in [3.8, 4) is 56.4 Å². The summed E-state index contributed by atoms with van der Waals surface area (Å²) in [5.41, 5.74) is 10.7. The van der Waals surface area contributed by atoms with Gasteiger partial charge in [0.1, 0.15) is 22.3 Å². The molecule has 0 aliphatic heterocycles. The van der Waals surface area contributed by atoms with Crippen molar-refractivity contribution < 1.29 is 8.83 Å². The van der Waals surface area contributed by atoms with Crippen molar-refractivity contribution in [2.24, 2.45) is 0 Å². The van der Waals surface area contributed by atoms with Gasteiger partial charge in [0.05, 0.1) is 5.56 Å². The van der Waals surface area contributed by atoms with Gasteiger partial charge in [0.15, 0.2) is 17.5 Å². The summed E-state index contributed by atoms with van der Waals surface area (Å²) in [6.45, 7) is 0. The molecule has 0 aliphatic carbocycles. The molecule has 266 valence electrons. The van der Waals surface area contributed by atoms with Crippen LogP contribution >= 0.6 is 11.3 Å². The Morgan fingerprint density at radius 3 is 1.63 bits per heavy atom. The Kier molecular flexibility index (Phi) is 7.03. The first-order valence-corrected chi connectivity index (χ1v) is 19.7. The van der Waals surface area contributed by atoms with Crippen molar-refractivity contribution in [3.63, 3.8) is 0 Å². The van der Waals surface area contributed by atoms with E-state index < -0.39 is 0 Å². The molecule has 4 heterocycles. The van der Waals surface area contributed by atoms with Crippen LogP contribution in [0.2, 0.25) is 0 Å². The molecule has 0 aliphatic rings. The second-order valence-corrected chi connectivity index (χ2v) is 15.3. The predicted octanol–water partition coefficient (Wildman–Crippen LogP) is 14.4. The molecule has 0 N–H and O–H groups in total. The maximum atomic E-state index is 6.79. The van der Waals surface area contributed by atoms with Gasteiger partial charge >= 0.3 is 0 Å². The van der Waals surface area contributed by atoms with E-state index in [0.717, 1.165) is 71.7 Å². The average molecular weight is 748 g/mol. The van der Waals surface area contributed by atoms with Crippen molar-refractivity contribution in [2.45, 2.75) is 0 Å². The molecule has 0 fully saturated rings. The zero-order valence-corrected chi connectivity index (χ0v) is 31.1. The largest absolute Gasteiger partial charge is 0.456 e. The van der Waals surface area contributed by atoms with Crippen LogP contribution in [0.5, 0.6) is 0 Å². The zero-order valence-electron chi connectivity index (χ0n) is 30.3. The molecule has 12 aromatic rings. The number of nitrogens with zero attached hydrogens (tertiary/aromatic N) is 3. The van der Waals surface area contributed by atoms with Gasteiger partial charge in [-0.2, -0.15) is 0 Å². The molecule has 6 heteroatoms. The Hall–Kier alpha value is -7.41. The van der Waals surface area contributed by atoms with Crippen molar-refractivity contribution in [2.75, 3.05) is 0 Å². The fraction of sp³-hybridized carbons (Fsp3) is 0. The Balaban J connectivity index is 1.04. The molecule has 0 saturated carbocycles. The normalized spacial score (nSPS) is 11.9. The summed E-state index contributed by atoms with van der Waals surface area (Å²) >= 11 is 1.84. The maximum absolute atomic E-state index is 6.79. The highest BCUT2D eigenvalue weighted by atomic mass is 32.1. The third-order valence-electron chi connectivity index (χ3n) is 11.0. The van der Waals surface area contributed by atoms with Crippen molar-refractivity contribution >= 4 is 75.4 Å². The Morgan fingerprint density at radius 2 is 0.877 bits per heavy atom. The minimum Gasteiger partial charge on any atom is -0.456 e. The van der Waals surface area contributed by atoms with Gasteiger partial charge in [-0.1, -0.05) is 146 Å². The number of hydrogen-bond donors (Lipinski definition) is 0. The topological polar surface area (TPSA) is 65.0 Å². The number of thiophene rings is 1. The second-order valence-electron chi connectivity index (χ2n) is 14.3. The van der Waals surface area contributed by atoms with Crippen molar-refractivity contribution in [3.05, 3.63) is 176 Å². The van der Waals surface area contributed by atoms with Crippen LogP contribution in [0.15, 0.2) is 185 Å². The highest BCUT2D eigenvalue weighted by molar-refractivity contribution is 7.26. The van der Waals surface area contributed by atoms with Crippen LogP contribution in [0.3, 0.4) is 0 Å². The summed E-state index contributed by atoms with van der Waals surface area (Å²) in [5.74, 6) is 1.79. The summed E-state index contributed by atoms with van der Waals surface area (Å²) in [5, 5.41) is 6.82. The molecule has 0 saturated heterocycles. The molecule has 57 heavy (non-hydrogen) atoms. The smallest absolute Gasteiger partial charge is 0.167 e. The van der Waals surface area contributed by atoms with Crippen LogP contribution in [0.4, 0.5) is 0 Å². The summed E-state index contributed by atoms with van der Waals surface area (Å²) in [4.78, 5) is 15.0. The van der Waals surface area contributed by atoms with E-state index in [2.05, 4.69) is 97.1 Å². The first-order chi connectivity index (χ1) is 28.2. The number of para-hydroxylation sites is 2. The molecule has 8 aromatic carbocycles. The van der Waals surface area contributed by atoms with Crippen LogP contribution in [-0.4, -0.2) is 15.0 Å². The second kappa shape index (κ2) is 12.6. The molecule has 0 spiro atoms. The summed E-state index contributed by atoms with van der Waals surface area (Å²) < 4.78 is 15.6. The third kappa shape index (κ3) is 5.04. The summed E-state index contributed by atoms with van der Waals surface area (Å²) in [7, 11) is 0. The fourth-order valence-electron chi connectivity index (χ4n) is 8.33. The third-order valence-corrected chi connectivity index (χ3v) is 12.3. The molecule has 4 aromatic heterocycles. The predicted molar refractivity (Wildman–Crippen MR) is 234 cm³/mol. The van der Waals surface area contributed by atoms with Crippen molar-refractivity contribution in [1.82, 2.24) is 15.0 Å². The van der Waals surface area contributed by atoms with Gasteiger partial charge in [0, 0.05) is 58.4 Å². The minimum atomic E-state index is 0.564. The number of hydrogen-bond acceptors (Lipinski definition) is 6. The molecule has 0 radical (unpaired) electrons. The molecule has 0 bridgehead atoms. The number of benzene rings is 8. The molecule has 5 nitrogen and oxygen atoms in total. The quantitative estimate of drug-likeness (QED) is 0.175. The SMILES string of the molecule is c1ccc(-c2nc(-c3ccccc3)nc(-c3cccc4c3oc3cccc(-c5cccc6c5sc5c(-c7ccc8c(c7)oc7ccccc78)cccc56)c34)n2)cc1. The molecule has 0 amide bonds. The van der Waals surface area contributed by atoms with Gasteiger partial charge in [0.25, 0.3) is 0 Å². The van der Waals surface area contributed by atoms with Gasteiger partial charge in [-0.25, -0.2) is 15.0 Å². The van der Waals surface area contributed by atoms with Gasteiger partial charge in [-0.15, -0.1) is 11.3 Å². The monoisotopic (exact) mass is 747 g/mol. The van der Waals surface area contributed by atoms with E-state index in [-0.39, 0.29) is 0 Å². The van der Waals surface area contributed by atoms with Gasteiger partial charge in [-0.05, 0) is 47.0 Å². The van der Waals surface area contributed by atoms with Crippen LogP contribution in [-0.2, 0) is 0 Å². The van der Waals surface area contributed by atoms with Crippen LogP contribution in [0.25, 0.3) is 120 Å². The van der Waals surface area contributed by atoms with E-state index in [1.165, 1.54) is 31.3 Å². The number of furan rings is 2. The first-order valence-electron chi connectivity index (χ1n) is 18.9. The van der Waals surface area contributed by atoms with E-state index in [1.54, 1.807) is 0 Å². The van der Waals surface area contributed by atoms with Gasteiger partial charge in [-0.3, -0.25) is 0 Å². The highest BCUT2D eigenvalue weighted by Crippen LogP contribution is 2.47. The minimum absolute atomic E-state index is 0.564. The molecular formula is C51H29N3O2S. The Bertz CT molecular complexity index is 3470. The summed E-state index contributed by atoms with van der Waals surface area (Å²) in [6.07, 6.45) is 0. The number of fused-ring (bicyclic) bond motifs is 9. The van der Waals surface area contributed by atoms with Crippen LogP contribution < -0.4 is 0 Å². The fourth-order valence-corrected chi connectivity index (χ4v) is 9.69. The average Bonchev–Trinajstić information content (AvgIpc) is 3.98. The van der Waals surface area contributed by atoms with E-state index in [0.29, 0.717) is 17.5 Å². The highest BCUT2D eigenvalue weighted by Gasteiger charge is 2.21. The molecular weight excluding hydrogens is 719 g/mol. The van der Waals surface area contributed by atoms with Crippen LogP contribution in [0, 0.1) is 0 Å². The van der Waals surface area contributed by atoms with Gasteiger partial charge < -0.3 is 8.83 Å². The Labute approximate surface area is 330 Å². The van der Waals surface area contributed by atoms with Gasteiger partial charge in [0.2, 0.25) is 0 Å². The molecule has 0 atom stereocenters. The molecule has 0 unspecified atom stereocenters. The maximum Gasteiger partial charge on any atom is 0.167 e. The lowest BCUT2D eigenvalue weighted by atomic mass is 9.96. The Morgan fingerprint density at radius 1 is 0.333 bits per heavy atom.